The molecule has 2 atom stereocenters. The van der Waals surface area contributed by atoms with Crippen molar-refractivity contribution in [3.8, 4) is 0 Å². The average Bonchev–Trinajstić information content (AvgIpc) is 2.97. The van der Waals surface area contributed by atoms with Gasteiger partial charge in [-0.1, -0.05) is 13.8 Å². The Balaban J connectivity index is 2.44. The molecule has 0 aromatic carbocycles. The summed E-state index contributed by atoms with van der Waals surface area (Å²) in [6.45, 7) is 10.5. The van der Waals surface area contributed by atoms with Gasteiger partial charge in [0.05, 0.1) is 0 Å². The largest absolute Gasteiger partial charge is 0.317 e. The fraction of sp³-hybridized carbons (Fsp3) is 1.00. The number of rotatable bonds is 6. The third kappa shape index (κ3) is 3.46. The van der Waals surface area contributed by atoms with E-state index < -0.39 is 0 Å². The second-order valence-electron chi connectivity index (χ2n) is 5.99. The van der Waals surface area contributed by atoms with Crippen LogP contribution in [-0.2, 0) is 0 Å². The Bertz CT molecular complexity index is 197. The molecule has 0 heterocycles. The minimum atomic E-state index is 0.340. The average molecular weight is 212 g/mol. The Kier molecular flexibility index (Phi) is 4.19. The van der Waals surface area contributed by atoms with Crippen LogP contribution in [0.25, 0.3) is 0 Å². The van der Waals surface area contributed by atoms with E-state index in [2.05, 4.69) is 52.0 Å². The summed E-state index contributed by atoms with van der Waals surface area (Å²) in [4.78, 5) is 2.53. The SMILES string of the molecule is CNC(C)C(C)(C)CN(C)C(C)C1CC1. The van der Waals surface area contributed by atoms with Gasteiger partial charge in [-0.15, -0.1) is 0 Å². The summed E-state index contributed by atoms with van der Waals surface area (Å²) < 4.78 is 0. The van der Waals surface area contributed by atoms with E-state index in [0.717, 1.165) is 12.0 Å². The molecule has 0 spiro atoms. The number of nitrogens with zero attached hydrogens (tertiary/aromatic N) is 1. The van der Waals surface area contributed by atoms with Gasteiger partial charge in [-0.3, -0.25) is 0 Å². The highest BCUT2D eigenvalue weighted by Gasteiger charge is 2.34. The van der Waals surface area contributed by atoms with E-state index in [0.29, 0.717) is 11.5 Å². The van der Waals surface area contributed by atoms with Crippen LogP contribution in [0.15, 0.2) is 0 Å². The lowest BCUT2D eigenvalue weighted by Crippen LogP contribution is -2.47. The molecule has 1 saturated carbocycles. The molecule has 2 unspecified atom stereocenters. The van der Waals surface area contributed by atoms with Gasteiger partial charge in [0.2, 0.25) is 0 Å². The van der Waals surface area contributed by atoms with Gasteiger partial charge in [-0.2, -0.15) is 0 Å². The monoisotopic (exact) mass is 212 g/mol. The Hall–Kier alpha value is -0.0800. The predicted molar refractivity (Wildman–Crippen MR) is 67.1 cm³/mol. The van der Waals surface area contributed by atoms with Gasteiger partial charge in [0.15, 0.2) is 0 Å². The standard InChI is InChI=1S/C13H28N2/c1-10(12-7-8-12)15(6)9-13(3,4)11(2)14-5/h10-12,14H,7-9H2,1-6H3. The van der Waals surface area contributed by atoms with E-state index >= 15 is 0 Å². The van der Waals surface area contributed by atoms with Crippen LogP contribution in [0.3, 0.4) is 0 Å². The van der Waals surface area contributed by atoms with E-state index in [4.69, 9.17) is 0 Å². The summed E-state index contributed by atoms with van der Waals surface area (Å²) in [6.07, 6.45) is 2.88. The molecular formula is C13H28N2. The molecule has 15 heavy (non-hydrogen) atoms. The number of nitrogens with one attached hydrogen (secondary N) is 1. The first-order valence-electron chi connectivity index (χ1n) is 6.26. The zero-order chi connectivity index (χ0) is 11.6. The Morgan fingerprint density at radius 3 is 2.27 bits per heavy atom. The lowest BCUT2D eigenvalue weighted by molar-refractivity contribution is 0.129. The zero-order valence-corrected chi connectivity index (χ0v) is 11.3. The molecule has 1 fully saturated rings. The molecule has 1 aliphatic carbocycles. The van der Waals surface area contributed by atoms with Crippen molar-refractivity contribution in [2.24, 2.45) is 11.3 Å². The highest BCUT2D eigenvalue weighted by molar-refractivity contribution is 4.88. The highest BCUT2D eigenvalue weighted by atomic mass is 15.1. The van der Waals surface area contributed by atoms with Gasteiger partial charge in [0, 0.05) is 18.6 Å². The van der Waals surface area contributed by atoms with Crippen molar-refractivity contribution in [1.29, 1.82) is 0 Å². The van der Waals surface area contributed by atoms with Crippen LogP contribution in [0.5, 0.6) is 0 Å². The third-order valence-electron chi connectivity index (χ3n) is 4.26. The van der Waals surface area contributed by atoms with Crippen LogP contribution in [0.2, 0.25) is 0 Å². The second-order valence-corrected chi connectivity index (χ2v) is 5.99. The summed E-state index contributed by atoms with van der Waals surface area (Å²) in [5, 5.41) is 3.37. The minimum Gasteiger partial charge on any atom is -0.317 e. The van der Waals surface area contributed by atoms with Crippen LogP contribution in [-0.4, -0.2) is 37.6 Å². The Morgan fingerprint density at radius 2 is 1.87 bits per heavy atom. The first-order chi connectivity index (χ1) is 6.88. The number of hydrogen-bond acceptors (Lipinski definition) is 2. The zero-order valence-electron chi connectivity index (χ0n) is 11.3. The molecule has 0 aliphatic heterocycles. The van der Waals surface area contributed by atoms with Crippen molar-refractivity contribution in [1.82, 2.24) is 10.2 Å². The fourth-order valence-electron chi connectivity index (χ4n) is 2.25. The molecular weight excluding hydrogens is 184 g/mol. The Morgan fingerprint density at radius 1 is 1.33 bits per heavy atom. The summed E-state index contributed by atoms with van der Waals surface area (Å²) in [5.41, 5.74) is 0.340. The maximum absolute atomic E-state index is 3.37. The molecule has 1 aliphatic rings. The van der Waals surface area contributed by atoms with Gasteiger partial charge >= 0.3 is 0 Å². The molecule has 1 N–H and O–H groups in total. The molecule has 2 nitrogen and oxygen atoms in total. The molecule has 0 radical (unpaired) electrons. The van der Waals surface area contributed by atoms with Gasteiger partial charge in [0.25, 0.3) is 0 Å². The number of hydrogen-bond donors (Lipinski definition) is 1. The third-order valence-corrected chi connectivity index (χ3v) is 4.26. The topological polar surface area (TPSA) is 15.3 Å². The minimum absolute atomic E-state index is 0.340. The maximum atomic E-state index is 3.37. The van der Waals surface area contributed by atoms with Crippen molar-refractivity contribution in [2.75, 3.05) is 20.6 Å². The van der Waals surface area contributed by atoms with Crippen molar-refractivity contribution >= 4 is 0 Å². The smallest absolute Gasteiger partial charge is 0.00991 e. The molecule has 0 aromatic heterocycles. The summed E-state index contributed by atoms with van der Waals surface area (Å²) in [6, 6.07) is 1.32. The van der Waals surface area contributed by atoms with E-state index in [1.165, 1.54) is 19.4 Å². The van der Waals surface area contributed by atoms with Crippen LogP contribution >= 0.6 is 0 Å². The van der Waals surface area contributed by atoms with E-state index in [-0.39, 0.29) is 0 Å². The van der Waals surface area contributed by atoms with Gasteiger partial charge in [-0.05, 0) is 52.1 Å². The first-order valence-corrected chi connectivity index (χ1v) is 6.26. The molecule has 2 heteroatoms. The summed E-state index contributed by atoms with van der Waals surface area (Å²) in [5.74, 6) is 0.968. The first kappa shape index (κ1) is 13.0. The predicted octanol–water partition coefficient (Wildman–Crippen LogP) is 2.35. The van der Waals surface area contributed by atoms with Crippen molar-refractivity contribution in [3.05, 3.63) is 0 Å². The van der Waals surface area contributed by atoms with Crippen LogP contribution in [0.1, 0.15) is 40.5 Å². The Labute approximate surface area is 95.4 Å². The van der Waals surface area contributed by atoms with Crippen LogP contribution in [0, 0.1) is 11.3 Å². The van der Waals surface area contributed by atoms with E-state index in [1.54, 1.807) is 0 Å². The molecule has 90 valence electrons. The van der Waals surface area contributed by atoms with E-state index in [9.17, 15) is 0 Å². The normalized spacial score (nSPS) is 21.8. The highest BCUT2D eigenvalue weighted by Crippen LogP contribution is 2.35. The molecule has 1 rings (SSSR count). The van der Waals surface area contributed by atoms with Gasteiger partial charge in [0.1, 0.15) is 0 Å². The summed E-state index contributed by atoms with van der Waals surface area (Å²) in [7, 11) is 4.32. The van der Waals surface area contributed by atoms with Crippen molar-refractivity contribution < 1.29 is 0 Å². The molecule has 0 amide bonds. The van der Waals surface area contributed by atoms with Crippen molar-refractivity contribution in [2.45, 2.75) is 52.6 Å². The van der Waals surface area contributed by atoms with E-state index in [1.807, 2.05) is 0 Å². The maximum Gasteiger partial charge on any atom is 0.00991 e. The van der Waals surface area contributed by atoms with Crippen LogP contribution < -0.4 is 5.32 Å². The lowest BCUT2D eigenvalue weighted by atomic mass is 9.84. The van der Waals surface area contributed by atoms with Crippen molar-refractivity contribution in [3.63, 3.8) is 0 Å². The summed E-state index contributed by atoms with van der Waals surface area (Å²) >= 11 is 0. The van der Waals surface area contributed by atoms with Gasteiger partial charge in [-0.25, -0.2) is 0 Å². The second kappa shape index (κ2) is 4.84. The molecule has 0 aromatic rings. The molecule has 0 saturated heterocycles. The lowest BCUT2D eigenvalue weighted by Gasteiger charge is -2.38. The van der Waals surface area contributed by atoms with Gasteiger partial charge < -0.3 is 10.2 Å². The fourth-order valence-corrected chi connectivity index (χ4v) is 2.25. The quantitative estimate of drug-likeness (QED) is 0.727. The van der Waals surface area contributed by atoms with Crippen LogP contribution in [0.4, 0.5) is 0 Å². The molecule has 0 bridgehead atoms.